The summed E-state index contributed by atoms with van der Waals surface area (Å²) in [7, 11) is 5.18. The first-order valence-corrected chi connectivity index (χ1v) is 8.50. The van der Waals surface area contributed by atoms with Crippen LogP contribution in [0.2, 0.25) is 0 Å². The molecule has 1 saturated heterocycles. The number of likely N-dealkylation sites (tertiary alicyclic amines) is 1. The van der Waals surface area contributed by atoms with Crippen LogP contribution in [-0.2, 0) is 9.47 Å². The van der Waals surface area contributed by atoms with Gasteiger partial charge in [-0.1, -0.05) is 6.58 Å². The second-order valence-electron chi connectivity index (χ2n) is 6.44. The number of carbonyl (C=O) groups is 2. The Labute approximate surface area is 154 Å². The third-order valence-electron chi connectivity index (χ3n) is 4.14. The van der Waals surface area contributed by atoms with Crippen molar-refractivity contribution in [2.75, 3.05) is 39.2 Å². The van der Waals surface area contributed by atoms with Crippen molar-refractivity contribution in [3.05, 3.63) is 36.1 Å². The van der Waals surface area contributed by atoms with Crippen molar-refractivity contribution in [3.63, 3.8) is 0 Å². The fraction of sp³-hybridized carbons (Fsp3) is 0.474. The van der Waals surface area contributed by atoms with Crippen LogP contribution < -0.4 is 9.64 Å². The highest BCUT2D eigenvalue weighted by Gasteiger charge is 2.26. The summed E-state index contributed by atoms with van der Waals surface area (Å²) in [6.45, 7) is 6.26. The lowest BCUT2D eigenvalue weighted by Gasteiger charge is -2.32. The highest BCUT2D eigenvalue weighted by Crippen LogP contribution is 2.28. The molecular weight excluding hydrogens is 336 g/mol. The van der Waals surface area contributed by atoms with E-state index in [0.717, 1.165) is 5.69 Å². The topological polar surface area (TPSA) is 68.3 Å². The van der Waals surface area contributed by atoms with Crippen LogP contribution in [0.15, 0.2) is 30.5 Å². The van der Waals surface area contributed by atoms with E-state index in [1.807, 2.05) is 31.1 Å². The Hall–Kier alpha value is -2.70. The van der Waals surface area contributed by atoms with Crippen molar-refractivity contribution in [1.29, 1.82) is 0 Å². The first-order chi connectivity index (χ1) is 12.3. The smallest absolute Gasteiger partial charge is 0.414 e. The number of ether oxygens (including phenoxy) is 3. The predicted molar refractivity (Wildman–Crippen MR) is 98.6 cm³/mol. The Kier molecular flexibility index (Phi) is 6.49. The maximum Gasteiger partial charge on any atom is 0.414 e. The number of methoxy groups -OCH3 is 1. The van der Waals surface area contributed by atoms with Crippen LogP contribution in [0.25, 0.3) is 0 Å². The monoisotopic (exact) mass is 362 g/mol. The van der Waals surface area contributed by atoms with Crippen molar-refractivity contribution >= 4 is 17.7 Å². The summed E-state index contributed by atoms with van der Waals surface area (Å²) in [6, 6.07) is 5.37. The predicted octanol–water partition coefficient (Wildman–Crippen LogP) is 3.05. The third-order valence-corrected chi connectivity index (χ3v) is 4.14. The Morgan fingerprint density at radius 1 is 1.23 bits per heavy atom. The highest BCUT2D eigenvalue weighted by atomic mass is 16.6. The van der Waals surface area contributed by atoms with Crippen LogP contribution in [-0.4, -0.2) is 57.4 Å². The molecule has 1 fully saturated rings. The standard InChI is InChI=1S/C19H26N2O5/c1-13(2)25-19(23)21-10-8-15(9-11-21)26-17-12-14(20(3)4)6-7-16(17)18(22)24-5/h6-7,12,15H,1,8-11H2,2-5H3. The van der Waals surface area contributed by atoms with Gasteiger partial charge in [-0.15, -0.1) is 0 Å². The number of amides is 1. The van der Waals surface area contributed by atoms with Crippen molar-refractivity contribution in [2.24, 2.45) is 0 Å². The lowest BCUT2D eigenvalue weighted by Crippen LogP contribution is -2.42. The number of nitrogens with zero attached hydrogens (tertiary/aromatic N) is 2. The summed E-state index contributed by atoms with van der Waals surface area (Å²) in [5.74, 6) is 0.426. The maximum atomic E-state index is 12.0. The second-order valence-corrected chi connectivity index (χ2v) is 6.44. The number of rotatable bonds is 5. The number of hydrogen-bond donors (Lipinski definition) is 0. The second kappa shape index (κ2) is 8.60. The van der Waals surface area contributed by atoms with Gasteiger partial charge in [0, 0.05) is 51.8 Å². The lowest BCUT2D eigenvalue weighted by atomic mass is 10.1. The Bertz CT molecular complexity index is 679. The molecule has 1 amide bonds. The third kappa shape index (κ3) is 4.91. The minimum atomic E-state index is -0.437. The summed E-state index contributed by atoms with van der Waals surface area (Å²) in [6.07, 6.45) is 0.821. The molecule has 0 spiro atoms. The fourth-order valence-electron chi connectivity index (χ4n) is 2.71. The van der Waals surface area contributed by atoms with Crippen LogP contribution in [0, 0.1) is 0 Å². The molecule has 1 aromatic carbocycles. The molecule has 0 N–H and O–H groups in total. The summed E-state index contributed by atoms with van der Waals surface area (Å²) >= 11 is 0. The normalized spacial score (nSPS) is 14.5. The van der Waals surface area contributed by atoms with Gasteiger partial charge in [-0.3, -0.25) is 0 Å². The van der Waals surface area contributed by atoms with Crippen LogP contribution >= 0.6 is 0 Å². The molecule has 1 heterocycles. The van der Waals surface area contributed by atoms with Gasteiger partial charge in [0.1, 0.15) is 17.4 Å². The number of allylic oxidation sites excluding steroid dienone is 1. The molecule has 26 heavy (non-hydrogen) atoms. The van der Waals surface area contributed by atoms with E-state index >= 15 is 0 Å². The van der Waals surface area contributed by atoms with E-state index in [1.165, 1.54) is 7.11 Å². The first kappa shape index (κ1) is 19.6. The molecule has 0 saturated carbocycles. The molecule has 1 aliphatic rings. The average Bonchev–Trinajstić information content (AvgIpc) is 2.61. The van der Waals surface area contributed by atoms with Crippen LogP contribution in [0.3, 0.4) is 0 Å². The van der Waals surface area contributed by atoms with E-state index < -0.39 is 5.97 Å². The van der Waals surface area contributed by atoms with Crippen LogP contribution in [0.5, 0.6) is 5.75 Å². The number of esters is 1. The Balaban J connectivity index is 2.06. The average molecular weight is 362 g/mol. The van der Waals surface area contributed by atoms with Gasteiger partial charge in [-0.25, -0.2) is 9.59 Å². The molecule has 0 unspecified atom stereocenters. The SMILES string of the molecule is C=C(C)OC(=O)N1CCC(Oc2cc(N(C)C)ccc2C(=O)OC)CC1. The van der Waals surface area contributed by atoms with Crippen LogP contribution in [0.1, 0.15) is 30.1 Å². The molecule has 0 radical (unpaired) electrons. The molecule has 142 valence electrons. The van der Waals surface area contributed by atoms with E-state index in [4.69, 9.17) is 14.2 Å². The molecule has 2 rings (SSSR count). The molecular formula is C19H26N2O5. The summed E-state index contributed by atoms with van der Waals surface area (Å²) in [5, 5.41) is 0. The highest BCUT2D eigenvalue weighted by molar-refractivity contribution is 5.93. The van der Waals surface area contributed by atoms with Crippen molar-refractivity contribution in [1.82, 2.24) is 4.90 Å². The fourth-order valence-corrected chi connectivity index (χ4v) is 2.71. The van der Waals surface area contributed by atoms with Crippen molar-refractivity contribution in [3.8, 4) is 5.75 Å². The van der Waals surface area contributed by atoms with Gasteiger partial charge in [0.05, 0.1) is 12.9 Å². The first-order valence-electron chi connectivity index (χ1n) is 8.50. The van der Waals surface area contributed by atoms with E-state index in [9.17, 15) is 9.59 Å². The van der Waals surface area contributed by atoms with Crippen molar-refractivity contribution in [2.45, 2.75) is 25.9 Å². The largest absolute Gasteiger partial charge is 0.489 e. The zero-order valence-electron chi connectivity index (χ0n) is 15.8. The quantitative estimate of drug-likeness (QED) is 0.592. The summed E-state index contributed by atoms with van der Waals surface area (Å²) in [5.41, 5.74) is 1.32. The van der Waals surface area contributed by atoms with Gasteiger partial charge in [0.25, 0.3) is 0 Å². The number of carbonyl (C=O) groups excluding carboxylic acids is 2. The zero-order chi connectivity index (χ0) is 19.3. The molecule has 0 atom stereocenters. The number of anilines is 1. The van der Waals surface area contributed by atoms with E-state index in [1.54, 1.807) is 17.9 Å². The van der Waals surface area contributed by atoms with Gasteiger partial charge in [-0.2, -0.15) is 0 Å². The van der Waals surface area contributed by atoms with Gasteiger partial charge >= 0.3 is 12.1 Å². The zero-order valence-corrected chi connectivity index (χ0v) is 15.8. The molecule has 7 heteroatoms. The van der Waals surface area contributed by atoms with E-state index in [2.05, 4.69) is 6.58 Å². The van der Waals surface area contributed by atoms with E-state index in [0.29, 0.717) is 43.0 Å². The number of piperidine rings is 1. The van der Waals surface area contributed by atoms with Crippen molar-refractivity contribution < 1.29 is 23.8 Å². The summed E-state index contributed by atoms with van der Waals surface area (Å²) in [4.78, 5) is 27.5. The molecule has 0 aliphatic carbocycles. The Morgan fingerprint density at radius 3 is 2.42 bits per heavy atom. The molecule has 1 aromatic rings. The van der Waals surface area contributed by atoms with Gasteiger partial charge in [-0.05, 0) is 19.1 Å². The molecule has 0 bridgehead atoms. The van der Waals surface area contributed by atoms with Crippen LogP contribution in [0.4, 0.5) is 10.5 Å². The molecule has 7 nitrogen and oxygen atoms in total. The maximum absolute atomic E-state index is 12.0. The molecule has 1 aliphatic heterocycles. The number of benzene rings is 1. The minimum absolute atomic E-state index is 0.0929. The number of hydrogen-bond acceptors (Lipinski definition) is 6. The molecule has 0 aromatic heterocycles. The summed E-state index contributed by atoms with van der Waals surface area (Å²) < 4.78 is 16.0. The van der Waals surface area contributed by atoms with Gasteiger partial charge in [0.2, 0.25) is 0 Å². The lowest BCUT2D eigenvalue weighted by molar-refractivity contribution is 0.0584. The minimum Gasteiger partial charge on any atom is -0.489 e. The Morgan fingerprint density at radius 2 is 1.88 bits per heavy atom. The van der Waals surface area contributed by atoms with Gasteiger partial charge in [0.15, 0.2) is 0 Å². The van der Waals surface area contributed by atoms with E-state index in [-0.39, 0.29) is 12.2 Å². The van der Waals surface area contributed by atoms with Gasteiger partial charge < -0.3 is 24.0 Å².